The van der Waals surface area contributed by atoms with Crippen LogP contribution in [0.25, 0.3) is 0 Å². The van der Waals surface area contributed by atoms with Crippen LogP contribution < -0.4 is 4.90 Å². The van der Waals surface area contributed by atoms with E-state index in [1.54, 1.807) is 24.3 Å². The molecule has 1 aromatic heterocycles. The van der Waals surface area contributed by atoms with Crippen LogP contribution in [-0.4, -0.2) is 52.7 Å². The summed E-state index contributed by atoms with van der Waals surface area (Å²) in [6, 6.07) is 6.83. The number of carbonyl (C=O) groups is 3. The number of para-hydroxylation sites is 1. The predicted octanol–water partition coefficient (Wildman–Crippen LogP) is 2.36. The number of aromatic nitrogens is 2. The van der Waals surface area contributed by atoms with Crippen molar-refractivity contribution in [3.63, 3.8) is 0 Å². The number of benzene rings is 1. The second-order valence-corrected chi connectivity index (χ2v) is 9.12. The maximum absolute atomic E-state index is 13.2. The van der Waals surface area contributed by atoms with Gasteiger partial charge in [-0.2, -0.15) is 5.10 Å². The van der Waals surface area contributed by atoms with Crippen LogP contribution in [-0.2, 0) is 32.8 Å². The molecule has 0 saturated carbocycles. The number of anilines is 1. The van der Waals surface area contributed by atoms with E-state index >= 15 is 0 Å². The lowest BCUT2D eigenvalue weighted by Gasteiger charge is -2.31. The molecular weight excluding hydrogens is 396 g/mol. The van der Waals surface area contributed by atoms with E-state index in [1.165, 1.54) is 17.7 Å². The molecule has 4 rings (SSSR count). The van der Waals surface area contributed by atoms with E-state index in [1.807, 2.05) is 15.8 Å². The largest absolute Gasteiger partial charge is 0.465 e. The Morgan fingerprint density at radius 2 is 1.94 bits per heavy atom. The maximum Gasteiger partial charge on any atom is 0.339 e. The fourth-order valence-corrected chi connectivity index (χ4v) is 4.45. The van der Waals surface area contributed by atoms with Gasteiger partial charge in [-0.3, -0.25) is 14.3 Å². The minimum atomic E-state index is -0.502. The quantitative estimate of drug-likeness (QED) is 0.707. The fraction of sp³-hybridized carbons (Fsp3) is 0.478. The highest BCUT2D eigenvalue weighted by atomic mass is 16.5. The maximum atomic E-state index is 13.2. The molecule has 3 heterocycles. The molecule has 8 heteroatoms. The molecule has 0 aliphatic carbocycles. The number of methoxy groups -OCH3 is 1. The summed E-state index contributed by atoms with van der Waals surface area (Å²) in [7, 11) is 1.31. The highest BCUT2D eigenvalue weighted by Crippen LogP contribution is 2.31. The predicted molar refractivity (Wildman–Crippen MR) is 115 cm³/mol. The molecule has 2 aliphatic rings. The second-order valence-electron chi connectivity index (χ2n) is 9.12. The molecule has 0 N–H and O–H groups in total. The molecule has 1 unspecified atom stereocenters. The second kappa shape index (κ2) is 7.83. The lowest BCUT2D eigenvalue weighted by molar-refractivity contribution is -0.136. The van der Waals surface area contributed by atoms with E-state index in [2.05, 4.69) is 25.9 Å². The number of hydrogen-bond acceptors (Lipinski definition) is 5. The van der Waals surface area contributed by atoms with Gasteiger partial charge < -0.3 is 14.5 Å². The number of esters is 1. The third kappa shape index (κ3) is 3.82. The standard InChI is InChI=1S/C23H28N4O4/c1-23(2,3)27-18-9-10-25(13-16(18)12-24-27)21(29)15-11-20(28)26(14-15)19-8-6-5-7-17(19)22(30)31-4/h5-8,12,15H,9-11,13-14H2,1-4H3. The number of rotatable bonds is 3. The first-order valence-corrected chi connectivity index (χ1v) is 10.5. The van der Waals surface area contributed by atoms with Gasteiger partial charge in [-0.15, -0.1) is 0 Å². The zero-order chi connectivity index (χ0) is 22.3. The normalized spacial score (nSPS) is 18.8. The summed E-state index contributed by atoms with van der Waals surface area (Å²) in [5.41, 5.74) is 2.94. The summed E-state index contributed by atoms with van der Waals surface area (Å²) in [4.78, 5) is 41.4. The van der Waals surface area contributed by atoms with Gasteiger partial charge >= 0.3 is 5.97 Å². The van der Waals surface area contributed by atoms with Gasteiger partial charge in [-0.1, -0.05) is 12.1 Å². The van der Waals surface area contributed by atoms with Crippen molar-refractivity contribution in [3.8, 4) is 0 Å². The number of amides is 2. The van der Waals surface area contributed by atoms with Crippen molar-refractivity contribution in [2.24, 2.45) is 5.92 Å². The molecule has 1 saturated heterocycles. The average Bonchev–Trinajstić information content (AvgIpc) is 3.35. The Kier molecular flexibility index (Phi) is 5.33. The molecule has 2 aromatic rings. The van der Waals surface area contributed by atoms with Gasteiger partial charge in [0.1, 0.15) is 0 Å². The first kappa shape index (κ1) is 21.1. The molecule has 1 fully saturated rings. The van der Waals surface area contributed by atoms with Crippen LogP contribution >= 0.6 is 0 Å². The molecule has 1 atom stereocenters. The molecule has 2 aliphatic heterocycles. The molecule has 1 aromatic carbocycles. The monoisotopic (exact) mass is 424 g/mol. The molecule has 0 radical (unpaired) electrons. The summed E-state index contributed by atoms with van der Waals surface area (Å²) < 4.78 is 6.88. The number of ether oxygens (including phenoxy) is 1. The summed E-state index contributed by atoms with van der Waals surface area (Å²) in [6.07, 6.45) is 2.73. The lowest BCUT2D eigenvalue weighted by Crippen LogP contribution is -2.41. The van der Waals surface area contributed by atoms with E-state index in [9.17, 15) is 14.4 Å². The van der Waals surface area contributed by atoms with Crippen molar-refractivity contribution < 1.29 is 19.1 Å². The third-order valence-electron chi connectivity index (χ3n) is 5.96. The zero-order valence-corrected chi connectivity index (χ0v) is 18.4. The molecule has 164 valence electrons. The highest BCUT2D eigenvalue weighted by molar-refractivity contribution is 6.05. The topological polar surface area (TPSA) is 84.7 Å². The van der Waals surface area contributed by atoms with Crippen LogP contribution in [0.1, 0.15) is 48.8 Å². The lowest BCUT2D eigenvalue weighted by atomic mass is 10.0. The summed E-state index contributed by atoms with van der Waals surface area (Å²) >= 11 is 0. The van der Waals surface area contributed by atoms with Gasteiger partial charge in [0.15, 0.2) is 0 Å². The fourth-order valence-electron chi connectivity index (χ4n) is 4.45. The average molecular weight is 425 g/mol. The molecule has 0 bridgehead atoms. The van der Waals surface area contributed by atoms with Crippen molar-refractivity contribution in [1.82, 2.24) is 14.7 Å². The smallest absolute Gasteiger partial charge is 0.339 e. The van der Waals surface area contributed by atoms with Gasteiger partial charge in [-0.05, 0) is 32.9 Å². The Morgan fingerprint density at radius 3 is 2.65 bits per heavy atom. The Hall–Kier alpha value is -3.16. The number of hydrogen-bond donors (Lipinski definition) is 0. The number of fused-ring (bicyclic) bond motifs is 1. The van der Waals surface area contributed by atoms with Crippen molar-refractivity contribution in [2.75, 3.05) is 25.1 Å². The molecule has 8 nitrogen and oxygen atoms in total. The Morgan fingerprint density at radius 1 is 1.19 bits per heavy atom. The Balaban J connectivity index is 1.50. The number of nitrogens with zero attached hydrogens (tertiary/aromatic N) is 4. The van der Waals surface area contributed by atoms with E-state index in [4.69, 9.17) is 4.74 Å². The first-order valence-electron chi connectivity index (χ1n) is 10.5. The van der Waals surface area contributed by atoms with Crippen molar-refractivity contribution in [2.45, 2.75) is 45.7 Å². The molecule has 31 heavy (non-hydrogen) atoms. The van der Waals surface area contributed by atoms with E-state index in [0.717, 1.165) is 12.0 Å². The van der Waals surface area contributed by atoms with Crippen molar-refractivity contribution >= 4 is 23.5 Å². The van der Waals surface area contributed by atoms with E-state index in [-0.39, 0.29) is 30.3 Å². The summed E-state index contributed by atoms with van der Waals surface area (Å²) in [5, 5.41) is 4.53. The summed E-state index contributed by atoms with van der Waals surface area (Å²) in [6.45, 7) is 7.72. The van der Waals surface area contributed by atoms with Crippen LogP contribution in [0.2, 0.25) is 0 Å². The zero-order valence-electron chi connectivity index (χ0n) is 18.4. The van der Waals surface area contributed by atoms with Crippen molar-refractivity contribution in [3.05, 3.63) is 47.3 Å². The van der Waals surface area contributed by atoms with Gasteiger partial charge in [-0.25, -0.2) is 4.79 Å². The van der Waals surface area contributed by atoms with Gasteiger partial charge in [0.2, 0.25) is 11.8 Å². The minimum absolute atomic E-state index is 0.0273. The van der Waals surface area contributed by atoms with Crippen LogP contribution in [0.4, 0.5) is 5.69 Å². The molecule has 2 amide bonds. The third-order valence-corrected chi connectivity index (χ3v) is 5.96. The minimum Gasteiger partial charge on any atom is -0.465 e. The van der Waals surface area contributed by atoms with E-state index < -0.39 is 11.9 Å². The SMILES string of the molecule is COC(=O)c1ccccc1N1CC(C(=O)N2CCc3c(cnn3C(C)(C)C)C2)CC1=O. The Bertz CT molecular complexity index is 1040. The molecular formula is C23H28N4O4. The Labute approximate surface area is 181 Å². The van der Waals surface area contributed by atoms with Crippen LogP contribution in [0.15, 0.2) is 30.5 Å². The first-order chi connectivity index (χ1) is 14.7. The summed E-state index contributed by atoms with van der Waals surface area (Å²) in [5.74, 6) is -1.12. The van der Waals surface area contributed by atoms with Crippen molar-refractivity contribution in [1.29, 1.82) is 0 Å². The number of carbonyl (C=O) groups excluding carboxylic acids is 3. The van der Waals surface area contributed by atoms with Gasteiger partial charge in [0, 0.05) is 43.7 Å². The highest BCUT2D eigenvalue weighted by Gasteiger charge is 2.39. The van der Waals surface area contributed by atoms with E-state index in [0.29, 0.717) is 24.3 Å². The van der Waals surface area contributed by atoms with Crippen LogP contribution in [0, 0.1) is 5.92 Å². The molecule has 0 spiro atoms. The van der Waals surface area contributed by atoms with Gasteiger partial charge in [0.25, 0.3) is 0 Å². The van der Waals surface area contributed by atoms with Crippen LogP contribution in [0.5, 0.6) is 0 Å². The van der Waals surface area contributed by atoms with Crippen LogP contribution in [0.3, 0.4) is 0 Å². The van der Waals surface area contributed by atoms with Gasteiger partial charge in [0.05, 0.1) is 36.0 Å².